The van der Waals surface area contributed by atoms with Crippen LogP contribution in [0.4, 0.5) is 10.5 Å². The van der Waals surface area contributed by atoms with Gasteiger partial charge in [-0.25, -0.2) is 4.79 Å². The molecule has 4 aromatic rings. The third-order valence-corrected chi connectivity index (χ3v) is 8.86. The lowest BCUT2D eigenvalue weighted by molar-refractivity contribution is 0.194. The molecule has 5 nitrogen and oxygen atoms in total. The van der Waals surface area contributed by atoms with Gasteiger partial charge in [0.15, 0.2) is 0 Å². The number of aromatic nitrogens is 1. The highest BCUT2D eigenvalue weighted by Gasteiger charge is 2.36. The first-order valence-electron chi connectivity index (χ1n) is 12.8. The van der Waals surface area contributed by atoms with E-state index in [9.17, 15) is 4.79 Å². The first kappa shape index (κ1) is 23.1. The zero-order chi connectivity index (χ0) is 24.8. The molecule has 2 aromatic carbocycles. The monoisotopic (exact) mass is 496 g/mol. The number of nitrogens with zero attached hydrogens (tertiary/aromatic N) is 3. The van der Waals surface area contributed by atoms with Crippen LogP contribution < -0.4 is 5.32 Å². The Morgan fingerprint density at radius 3 is 2.67 bits per heavy atom. The van der Waals surface area contributed by atoms with Crippen molar-refractivity contribution < 1.29 is 4.79 Å². The lowest BCUT2D eigenvalue weighted by Gasteiger charge is -2.32. The van der Waals surface area contributed by atoms with E-state index in [1.807, 2.05) is 29.2 Å². The number of aryl methyl sites for hydroxylation is 2. The largest absolute Gasteiger partial charge is 0.322 e. The molecule has 2 aliphatic rings. The van der Waals surface area contributed by atoms with Crippen LogP contribution in [0.3, 0.4) is 0 Å². The lowest BCUT2D eigenvalue weighted by atomic mass is 10.00. The van der Waals surface area contributed by atoms with E-state index in [1.54, 1.807) is 0 Å². The van der Waals surface area contributed by atoms with E-state index in [2.05, 4.69) is 89.4 Å². The van der Waals surface area contributed by atoms with E-state index in [-0.39, 0.29) is 12.1 Å². The minimum atomic E-state index is -0.183. The van der Waals surface area contributed by atoms with Gasteiger partial charge in [0, 0.05) is 35.4 Å². The number of nitrogens with one attached hydrogen (secondary N) is 1. The topological polar surface area (TPSA) is 40.5 Å². The molecule has 0 aliphatic carbocycles. The third kappa shape index (κ3) is 3.94. The lowest BCUT2D eigenvalue weighted by Crippen LogP contribution is -2.38. The molecule has 0 spiro atoms. The summed E-state index contributed by atoms with van der Waals surface area (Å²) in [6.07, 6.45) is 3.20. The Labute approximate surface area is 217 Å². The Hall–Kier alpha value is -3.35. The standard InChI is InChI=1S/C30H32N4OS/c1-4-32-16-14-23-24-18-34(30(35)31-25-17-20(2)12-13-21(25)3)28(22-9-6-5-7-10-22)26-11-8-15-33(26)29(24)36-27(23)19-32/h5-13,15,17,28H,4,14,16,18-19H2,1-3H3,(H,31,35). The van der Waals surface area contributed by atoms with Crippen LogP contribution in [0, 0.1) is 13.8 Å². The second kappa shape index (κ2) is 9.26. The first-order valence-corrected chi connectivity index (χ1v) is 13.6. The van der Waals surface area contributed by atoms with Gasteiger partial charge in [0.2, 0.25) is 0 Å². The molecule has 1 unspecified atom stereocenters. The fraction of sp³-hybridized carbons (Fsp3) is 0.300. The SMILES string of the molecule is CCN1CCc2c(sc3c2CN(C(=O)Nc2cc(C)ccc2C)C(c2ccccc2)c2cccn2-3)C1. The number of hydrogen-bond donors (Lipinski definition) is 1. The minimum absolute atomic E-state index is 0.0657. The van der Waals surface area contributed by atoms with Crippen LogP contribution >= 0.6 is 11.3 Å². The van der Waals surface area contributed by atoms with Crippen molar-refractivity contribution in [3.05, 3.63) is 105 Å². The van der Waals surface area contributed by atoms with Crippen molar-refractivity contribution >= 4 is 23.1 Å². The summed E-state index contributed by atoms with van der Waals surface area (Å²) in [5.74, 6) is 0. The van der Waals surface area contributed by atoms with Crippen molar-refractivity contribution in [2.45, 2.75) is 46.3 Å². The predicted octanol–water partition coefficient (Wildman–Crippen LogP) is 6.67. The summed E-state index contributed by atoms with van der Waals surface area (Å²) >= 11 is 1.90. The molecule has 2 amide bonds. The van der Waals surface area contributed by atoms with Crippen LogP contribution in [-0.2, 0) is 19.5 Å². The van der Waals surface area contributed by atoms with E-state index < -0.39 is 0 Å². The zero-order valence-electron chi connectivity index (χ0n) is 21.1. The molecule has 184 valence electrons. The zero-order valence-corrected chi connectivity index (χ0v) is 21.9. The van der Waals surface area contributed by atoms with Crippen LogP contribution in [0.25, 0.3) is 5.00 Å². The maximum Gasteiger partial charge on any atom is 0.322 e. The van der Waals surface area contributed by atoms with Gasteiger partial charge in [0.25, 0.3) is 0 Å². The van der Waals surface area contributed by atoms with Crippen molar-refractivity contribution in [1.82, 2.24) is 14.4 Å². The van der Waals surface area contributed by atoms with Gasteiger partial charge in [-0.05, 0) is 67.3 Å². The second-order valence-electron chi connectivity index (χ2n) is 9.90. The molecule has 2 aromatic heterocycles. The second-order valence-corrected chi connectivity index (χ2v) is 11.0. The van der Waals surface area contributed by atoms with Crippen molar-refractivity contribution in [2.24, 2.45) is 0 Å². The Morgan fingerprint density at radius 1 is 1.03 bits per heavy atom. The molecule has 0 saturated heterocycles. The number of hydrogen-bond acceptors (Lipinski definition) is 3. The molecule has 4 heterocycles. The summed E-state index contributed by atoms with van der Waals surface area (Å²) < 4.78 is 2.33. The average Bonchev–Trinajstić information content (AvgIpc) is 3.48. The van der Waals surface area contributed by atoms with Gasteiger partial charge < -0.3 is 14.8 Å². The van der Waals surface area contributed by atoms with Crippen LogP contribution in [0.1, 0.15) is 51.4 Å². The molecule has 2 aliphatic heterocycles. The summed E-state index contributed by atoms with van der Waals surface area (Å²) in [5.41, 5.74) is 8.07. The van der Waals surface area contributed by atoms with Gasteiger partial charge in [-0.1, -0.05) is 49.4 Å². The van der Waals surface area contributed by atoms with E-state index in [1.165, 1.54) is 21.0 Å². The highest BCUT2D eigenvalue weighted by atomic mass is 32.1. The molecule has 1 N–H and O–H groups in total. The molecule has 0 saturated carbocycles. The van der Waals surface area contributed by atoms with Gasteiger partial charge in [0.1, 0.15) is 5.00 Å². The summed E-state index contributed by atoms with van der Waals surface area (Å²) in [5, 5.41) is 4.53. The molecular weight excluding hydrogens is 464 g/mol. The first-order chi connectivity index (χ1) is 17.5. The molecule has 36 heavy (non-hydrogen) atoms. The summed E-state index contributed by atoms with van der Waals surface area (Å²) in [4.78, 5) is 20.1. The summed E-state index contributed by atoms with van der Waals surface area (Å²) in [7, 11) is 0. The Bertz CT molecular complexity index is 1420. The van der Waals surface area contributed by atoms with E-state index in [0.717, 1.165) is 54.1 Å². The third-order valence-electron chi connectivity index (χ3n) is 7.60. The number of anilines is 1. The van der Waals surface area contributed by atoms with Crippen molar-refractivity contribution in [2.75, 3.05) is 18.4 Å². The fourth-order valence-corrected chi connectivity index (χ4v) is 7.00. The van der Waals surface area contributed by atoms with Gasteiger partial charge in [-0.15, -0.1) is 11.3 Å². The number of likely N-dealkylation sites (N-methyl/N-ethyl adjacent to an activating group) is 1. The maximum absolute atomic E-state index is 14.1. The molecule has 0 fully saturated rings. The van der Waals surface area contributed by atoms with Gasteiger partial charge in [-0.2, -0.15) is 0 Å². The smallest absolute Gasteiger partial charge is 0.310 e. The summed E-state index contributed by atoms with van der Waals surface area (Å²) in [6, 6.07) is 20.7. The number of benzene rings is 2. The highest BCUT2D eigenvalue weighted by Crippen LogP contribution is 2.43. The van der Waals surface area contributed by atoms with Gasteiger partial charge >= 0.3 is 6.03 Å². The van der Waals surface area contributed by atoms with Crippen molar-refractivity contribution in [3.8, 4) is 5.00 Å². The number of rotatable bonds is 3. The number of fused-ring (bicyclic) bond motifs is 5. The molecule has 6 rings (SSSR count). The summed E-state index contributed by atoms with van der Waals surface area (Å²) in [6.45, 7) is 10.1. The number of carbonyl (C=O) groups excluding carboxylic acids is 1. The number of carbonyl (C=O) groups is 1. The number of amides is 2. The highest BCUT2D eigenvalue weighted by molar-refractivity contribution is 7.15. The van der Waals surface area contributed by atoms with Gasteiger partial charge in [0.05, 0.1) is 18.3 Å². The molecular formula is C30H32N4OS. The van der Waals surface area contributed by atoms with Gasteiger partial charge in [-0.3, -0.25) is 4.90 Å². The molecule has 0 radical (unpaired) electrons. The Kier molecular flexibility index (Phi) is 5.94. The van der Waals surface area contributed by atoms with Crippen molar-refractivity contribution in [3.63, 3.8) is 0 Å². The Balaban J connectivity index is 1.48. The van der Waals surface area contributed by atoms with Crippen LogP contribution in [0.2, 0.25) is 0 Å². The van der Waals surface area contributed by atoms with E-state index >= 15 is 0 Å². The average molecular weight is 497 g/mol. The van der Waals surface area contributed by atoms with Crippen LogP contribution in [0.15, 0.2) is 66.9 Å². The molecule has 6 heteroatoms. The Morgan fingerprint density at radius 2 is 1.86 bits per heavy atom. The van der Waals surface area contributed by atoms with Crippen LogP contribution in [-0.4, -0.2) is 33.5 Å². The predicted molar refractivity (Wildman–Crippen MR) is 147 cm³/mol. The minimum Gasteiger partial charge on any atom is -0.310 e. The quantitative estimate of drug-likeness (QED) is 0.344. The van der Waals surface area contributed by atoms with E-state index in [4.69, 9.17) is 0 Å². The fourth-order valence-electron chi connectivity index (χ4n) is 5.59. The molecule has 1 atom stereocenters. The maximum atomic E-state index is 14.1. The number of urea groups is 1. The normalized spacial score (nSPS) is 17.2. The van der Waals surface area contributed by atoms with Crippen LogP contribution in [0.5, 0.6) is 0 Å². The van der Waals surface area contributed by atoms with E-state index in [0.29, 0.717) is 6.54 Å². The van der Waals surface area contributed by atoms with Crippen molar-refractivity contribution in [1.29, 1.82) is 0 Å². The number of thiophene rings is 1. The molecule has 0 bridgehead atoms.